The van der Waals surface area contributed by atoms with E-state index in [2.05, 4.69) is 20.4 Å². The van der Waals surface area contributed by atoms with E-state index < -0.39 is 0 Å². The van der Waals surface area contributed by atoms with Crippen molar-refractivity contribution in [2.24, 2.45) is 5.84 Å². The lowest BCUT2D eigenvalue weighted by molar-refractivity contribution is 0.460. The molecule has 2 heterocycles. The van der Waals surface area contributed by atoms with Crippen LogP contribution in [0.1, 0.15) is 5.69 Å². The third-order valence-electron chi connectivity index (χ3n) is 1.87. The first-order chi connectivity index (χ1) is 7.78. The molecule has 0 fully saturated rings. The quantitative estimate of drug-likeness (QED) is 0.594. The van der Waals surface area contributed by atoms with E-state index in [0.29, 0.717) is 17.6 Å². The topological polar surface area (TPSA) is 86.0 Å². The van der Waals surface area contributed by atoms with Gasteiger partial charge in [-0.15, -0.1) is 0 Å². The van der Waals surface area contributed by atoms with Gasteiger partial charge >= 0.3 is 0 Å². The Morgan fingerprint density at radius 3 is 2.81 bits per heavy atom. The Labute approximate surface area is 92.5 Å². The number of nitrogens with two attached hydrogens (primary N) is 1. The van der Waals surface area contributed by atoms with Crippen molar-refractivity contribution in [1.29, 1.82) is 0 Å². The molecule has 0 bridgehead atoms. The molecule has 6 heteroatoms. The molecule has 0 unspecified atom stereocenters. The Balaban J connectivity index is 2.16. The van der Waals surface area contributed by atoms with Gasteiger partial charge in [-0.3, -0.25) is 10.4 Å². The zero-order valence-corrected chi connectivity index (χ0v) is 8.71. The number of hydrogen-bond acceptors (Lipinski definition) is 6. The summed E-state index contributed by atoms with van der Waals surface area (Å²) in [6, 6.07) is 5.32. The number of nitrogen functional groups attached to an aromatic ring is 1. The smallest absolute Gasteiger partial charge is 0.240 e. The van der Waals surface area contributed by atoms with Crippen LogP contribution in [0.2, 0.25) is 0 Å². The predicted molar refractivity (Wildman–Crippen MR) is 58.9 cm³/mol. The van der Waals surface area contributed by atoms with Crippen LogP contribution in [-0.4, -0.2) is 15.0 Å². The summed E-state index contributed by atoms with van der Waals surface area (Å²) in [7, 11) is 0. The molecule has 0 aliphatic heterocycles. The van der Waals surface area contributed by atoms with Gasteiger partial charge in [-0.1, -0.05) is 0 Å². The normalized spacial score (nSPS) is 9.88. The van der Waals surface area contributed by atoms with Crippen molar-refractivity contribution in [3.8, 4) is 11.6 Å². The Kier molecular flexibility index (Phi) is 2.93. The number of hydrazine groups is 1. The number of hydrogen-bond donors (Lipinski definition) is 2. The molecule has 16 heavy (non-hydrogen) atoms. The molecule has 2 rings (SSSR count). The maximum atomic E-state index is 5.47. The molecule has 3 N–H and O–H groups in total. The summed E-state index contributed by atoms with van der Waals surface area (Å²) in [5.41, 5.74) is 3.27. The average Bonchev–Trinajstić information content (AvgIpc) is 2.32. The van der Waals surface area contributed by atoms with Gasteiger partial charge in [0, 0.05) is 18.0 Å². The Morgan fingerprint density at radius 1 is 1.25 bits per heavy atom. The number of nitrogens with one attached hydrogen (secondary N) is 1. The third-order valence-corrected chi connectivity index (χ3v) is 1.87. The minimum Gasteiger partial charge on any atom is -0.437 e. The van der Waals surface area contributed by atoms with Gasteiger partial charge in [0.2, 0.25) is 11.8 Å². The third kappa shape index (κ3) is 2.43. The van der Waals surface area contributed by atoms with Crippen molar-refractivity contribution < 1.29 is 4.74 Å². The van der Waals surface area contributed by atoms with Gasteiger partial charge in [0.25, 0.3) is 0 Å². The van der Waals surface area contributed by atoms with E-state index >= 15 is 0 Å². The van der Waals surface area contributed by atoms with E-state index in [1.54, 1.807) is 18.5 Å². The molecular weight excluding hydrogens is 206 g/mol. The second-order valence-corrected chi connectivity index (χ2v) is 3.10. The van der Waals surface area contributed by atoms with Crippen molar-refractivity contribution in [3.63, 3.8) is 0 Å². The molecule has 0 saturated heterocycles. The summed E-state index contributed by atoms with van der Waals surface area (Å²) in [5.74, 6) is 6.52. The Hall–Kier alpha value is -2.21. The van der Waals surface area contributed by atoms with E-state index in [0.717, 1.165) is 5.69 Å². The van der Waals surface area contributed by atoms with Crippen molar-refractivity contribution >= 4 is 5.95 Å². The van der Waals surface area contributed by atoms with E-state index in [-0.39, 0.29) is 0 Å². The molecule has 2 aromatic heterocycles. The maximum Gasteiger partial charge on any atom is 0.240 e. The SMILES string of the molecule is Cc1ccc(Oc2ccnc(NN)n2)cn1. The van der Waals surface area contributed by atoms with Gasteiger partial charge in [0.15, 0.2) is 0 Å². The molecule has 0 spiro atoms. The fourth-order valence-corrected chi connectivity index (χ4v) is 1.10. The number of ether oxygens (including phenoxy) is 1. The highest BCUT2D eigenvalue weighted by atomic mass is 16.5. The van der Waals surface area contributed by atoms with Gasteiger partial charge in [-0.05, 0) is 19.1 Å². The van der Waals surface area contributed by atoms with Gasteiger partial charge in [-0.2, -0.15) is 4.98 Å². The molecule has 0 atom stereocenters. The van der Waals surface area contributed by atoms with Crippen molar-refractivity contribution in [3.05, 3.63) is 36.3 Å². The number of anilines is 1. The van der Waals surface area contributed by atoms with Crippen LogP contribution in [0.4, 0.5) is 5.95 Å². The summed E-state index contributed by atoms with van der Waals surface area (Å²) in [6.45, 7) is 1.91. The van der Waals surface area contributed by atoms with E-state index in [4.69, 9.17) is 10.6 Å². The van der Waals surface area contributed by atoms with Gasteiger partial charge in [0.1, 0.15) is 5.75 Å². The first-order valence-corrected chi connectivity index (χ1v) is 4.68. The van der Waals surface area contributed by atoms with Crippen molar-refractivity contribution in [1.82, 2.24) is 15.0 Å². The molecular formula is C10H11N5O. The van der Waals surface area contributed by atoms with Crippen molar-refractivity contribution in [2.45, 2.75) is 6.92 Å². The number of pyridine rings is 1. The summed E-state index contributed by atoms with van der Waals surface area (Å²) < 4.78 is 5.47. The number of nitrogens with zero attached hydrogens (tertiary/aromatic N) is 3. The number of aryl methyl sites for hydroxylation is 1. The predicted octanol–water partition coefficient (Wildman–Crippen LogP) is 1.26. The highest BCUT2D eigenvalue weighted by Gasteiger charge is 2.00. The maximum absolute atomic E-state index is 5.47. The molecule has 0 aromatic carbocycles. The minimum atomic E-state index is 0.303. The molecule has 6 nitrogen and oxygen atoms in total. The number of aromatic nitrogens is 3. The standard InChI is InChI=1S/C10H11N5O/c1-7-2-3-8(6-13-7)16-9-4-5-12-10(14-9)15-11/h2-6H,11H2,1H3,(H,12,14,15). The largest absolute Gasteiger partial charge is 0.437 e. The zero-order chi connectivity index (χ0) is 11.4. The monoisotopic (exact) mass is 217 g/mol. The number of rotatable bonds is 3. The van der Waals surface area contributed by atoms with Crippen LogP contribution in [0, 0.1) is 6.92 Å². The van der Waals surface area contributed by atoms with Gasteiger partial charge < -0.3 is 4.74 Å². The molecule has 0 amide bonds. The molecule has 0 aliphatic carbocycles. The van der Waals surface area contributed by atoms with Crippen molar-refractivity contribution in [2.75, 3.05) is 5.43 Å². The minimum absolute atomic E-state index is 0.303. The first-order valence-electron chi connectivity index (χ1n) is 4.68. The summed E-state index contributed by atoms with van der Waals surface area (Å²) in [4.78, 5) is 12.0. The van der Waals surface area contributed by atoms with Crippen LogP contribution in [0.15, 0.2) is 30.6 Å². The summed E-state index contributed by atoms with van der Waals surface area (Å²) in [5, 5.41) is 0. The van der Waals surface area contributed by atoms with Crippen LogP contribution >= 0.6 is 0 Å². The van der Waals surface area contributed by atoms with Crippen LogP contribution in [0.3, 0.4) is 0 Å². The van der Waals surface area contributed by atoms with Crippen LogP contribution in [-0.2, 0) is 0 Å². The molecule has 0 radical (unpaired) electrons. The summed E-state index contributed by atoms with van der Waals surface area (Å²) in [6.07, 6.45) is 3.19. The fraction of sp³-hybridized carbons (Fsp3) is 0.100. The molecule has 2 aromatic rings. The fourth-order valence-electron chi connectivity index (χ4n) is 1.10. The van der Waals surface area contributed by atoms with Crippen LogP contribution in [0.25, 0.3) is 0 Å². The highest BCUT2D eigenvalue weighted by molar-refractivity contribution is 5.29. The van der Waals surface area contributed by atoms with E-state index in [1.165, 1.54) is 0 Å². The van der Waals surface area contributed by atoms with Crippen LogP contribution < -0.4 is 16.0 Å². The Morgan fingerprint density at radius 2 is 2.12 bits per heavy atom. The molecule has 82 valence electrons. The second kappa shape index (κ2) is 4.54. The first kappa shape index (κ1) is 10.3. The lowest BCUT2D eigenvalue weighted by Gasteiger charge is -2.05. The molecule has 0 saturated carbocycles. The van der Waals surface area contributed by atoms with Gasteiger partial charge in [-0.25, -0.2) is 10.8 Å². The highest BCUT2D eigenvalue weighted by Crippen LogP contribution is 2.18. The average molecular weight is 217 g/mol. The molecule has 0 aliphatic rings. The van der Waals surface area contributed by atoms with E-state index in [9.17, 15) is 0 Å². The lowest BCUT2D eigenvalue weighted by atomic mass is 10.4. The van der Waals surface area contributed by atoms with E-state index in [1.807, 2.05) is 19.1 Å². The lowest BCUT2D eigenvalue weighted by Crippen LogP contribution is -2.10. The zero-order valence-electron chi connectivity index (χ0n) is 8.71. The van der Waals surface area contributed by atoms with Gasteiger partial charge in [0.05, 0.1) is 6.20 Å². The summed E-state index contributed by atoms with van der Waals surface area (Å²) >= 11 is 0. The Bertz CT molecular complexity index is 471. The van der Waals surface area contributed by atoms with Crippen LogP contribution in [0.5, 0.6) is 11.6 Å². The second-order valence-electron chi connectivity index (χ2n) is 3.10.